The monoisotopic (exact) mass is 260 g/mol. The van der Waals surface area contributed by atoms with Gasteiger partial charge in [-0.2, -0.15) is 0 Å². The van der Waals surface area contributed by atoms with Crippen LogP contribution in [0.3, 0.4) is 0 Å². The number of anilines is 1. The van der Waals surface area contributed by atoms with E-state index in [-0.39, 0.29) is 0 Å². The lowest BCUT2D eigenvalue weighted by Crippen LogP contribution is -2.05. The Morgan fingerprint density at radius 2 is 1.65 bits per heavy atom. The lowest BCUT2D eigenvalue weighted by Gasteiger charge is -2.06. The molecule has 2 unspecified atom stereocenters. The van der Waals surface area contributed by atoms with Crippen LogP contribution in [0, 0.1) is 0 Å². The Kier molecular flexibility index (Phi) is 2.66. The second-order valence-corrected chi connectivity index (χ2v) is 5.39. The molecule has 1 aliphatic rings. The van der Waals surface area contributed by atoms with Crippen molar-refractivity contribution in [2.24, 2.45) is 0 Å². The quantitative estimate of drug-likeness (QED) is 0.763. The highest BCUT2D eigenvalue weighted by Crippen LogP contribution is 2.42. The summed E-state index contributed by atoms with van der Waals surface area (Å²) in [4.78, 5) is 4.67. The molecule has 0 aliphatic heterocycles. The molecule has 2 aromatic carbocycles. The summed E-state index contributed by atoms with van der Waals surface area (Å²) < 4.78 is 0. The van der Waals surface area contributed by atoms with Crippen LogP contribution in [0.1, 0.15) is 17.9 Å². The van der Waals surface area contributed by atoms with Gasteiger partial charge in [0.2, 0.25) is 0 Å². The molecule has 20 heavy (non-hydrogen) atoms. The zero-order valence-electron chi connectivity index (χ0n) is 11.2. The lowest BCUT2D eigenvalue weighted by molar-refractivity contribution is 1.03. The van der Waals surface area contributed by atoms with Crippen LogP contribution < -0.4 is 5.32 Å². The zero-order chi connectivity index (χ0) is 13.4. The highest BCUT2D eigenvalue weighted by Gasteiger charge is 2.38. The normalized spacial score (nSPS) is 20.8. The van der Waals surface area contributed by atoms with Gasteiger partial charge < -0.3 is 5.32 Å². The van der Waals surface area contributed by atoms with E-state index in [1.54, 1.807) is 0 Å². The van der Waals surface area contributed by atoms with Gasteiger partial charge >= 0.3 is 0 Å². The van der Waals surface area contributed by atoms with Gasteiger partial charge in [-0.1, -0.05) is 48.5 Å². The lowest BCUT2D eigenvalue weighted by atomic mass is 10.1. The number of aromatic nitrogens is 1. The number of hydrogen-bond acceptors (Lipinski definition) is 2. The van der Waals surface area contributed by atoms with E-state index in [1.807, 2.05) is 12.1 Å². The van der Waals surface area contributed by atoms with Crippen LogP contribution in [0.25, 0.3) is 10.9 Å². The summed E-state index contributed by atoms with van der Waals surface area (Å²) in [6, 6.07) is 23.7. The second-order valence-electron chi connectivity index (χ2n) is 5.39. The Bertz CT molecular complexity index is 737. The van der Waals surface area contributed by atoms with Crippen LogP contribution in [-0.2, 0) is 0 Å². The number of rotatable bonds is 3. The van der Waals surface area contributed by atoms with Crippen molar-refractivity contribution < 1.29 is 0 Å². The predicted octanol–water partition coefficient (Wildman–Crippen LogP) is 4.20. The van der Waals surface area contributed by atoms with E-state index in [2.05, 4.69) is 64.9 Å². The maximum atomic E-state index is 4.67. The van der Waals surface area contributed by atoms with Gasteiger partial charge in [0.15, 0.2) is 0 Å². The minimum Gasteiger partial charge on any atom is -0.367 e. The molecule has 0 saturated heterocycles. The molecule has 0 spiro atoms. The minimum absolute atomic E-state index is 0.520. The fourth-order valence-corrected chi connectivity index (χ4v) is 2.76. The number of nitrogens with zero attached hydrogens (tertiary/aromatic N) is 1. The molecule has 0 amide bonds. The van der Waals surface area contributed by atoms with Crippen molar-refractivity contribution in [3.63, 3.8) is 0 Å². The summed E-state index contributed by atoms with van der Waals surface area (Å²) in [5.41, 5.74) is 2.47. The number of para-hydroxylation sites is 1. The van der Waals surface area contributed by atoms with E-state index in [0.29, 0.717) is 12.0 Å². The van der Waals surface area contributed by atoms with Crippen molar-refractivity contribution in [1.29, 1.82) is 0 Å². The molecular formula is C18H16N2. The standard InChI is InChI=1S/C18H16N2/c1-2-6-13(7-3-1)15-12-17(15)20-18-11-10-14-8-4-5-9-16(14)19-18/h1-11,15,17H,12H2,(H,19,20). The van der Waals surface area contributed by atoms with Crippen LogP contribution in [0.4, 0.5) is 5.82 Å². The van der Waals surface area contributed by atoms with E-state index in [9.17, 15) is 0 Å². The van der Waals surface area contributed by atoms with Crippen LogP contribution in [0.15, 0.2) is 66.7 Å². The molecular weight excluding hydrogens is 244 g/mol. The van der Waals surface area contributed by atoms with Crippen molar-refractivity contribution in [2.45, 2.75) is 18.4 Å². The van der Waals surface area contributed by atoms with Gasteiger partial charge in [-0.3, -0.25) is 0 Å². The van der Waals surface area contributed by atoms with Gasteiger partial charge in [0, 0.05) is 17.3 Å². The maximum absolute atomic E-state index is 4.67. The van der Waals surface area contributed by atoms with E-state index in [0.717, 1.165) is 11.3 Å². The molecule has 2 heteroatoms. The molecule has 1 N–H and O–H groups in total. The summed E-state index contributed by atoms with van der Waals surface area (Å²) in [6.07, 6.45) is 1.19. The first kappa shape index (κ1) is 11.5. The van der Waals surface area contributed by atoms with Crippen LogP contribution >= 0.6 is 0 Å². The molecule has 2 atom stereocenters. The molecule has 1 fully saturated rings. The average molecular weight is 260 g/mol. The van der Waals surface area contributed by atoms with Gasteiger partial charge in [-0.25, -0.2) is 4.98 Å². The Balaban J connectivity index is 1.52. The molecule has 1 aliphatic carbocycles. The first-order valence-corrected chi connectivity index (χ1v) is 7.07. The molecule has 2 nitrogen and oxygen atoms in total. The smallest absolute Gasteiger partial charge is 0.126 e. The van der Waals surface area contributed by atoms with Crippen LogP contribution in [-0.4, -0.2) is 11.0 Å². The first-order chi connectivity index (χ1) is 9.90. The van der Waals surface area contributed by atoms with Crippen molar-refractivity contribution in [3.05, 3.63) is 72.3 Å². The summed E-state index contributed by atoms with van der Waals surface area (Å²) in [6.45, 7) is 0. The number of nitrogens with one attached hydrogen (secondary N) is 1. The number of hydrogen-bond donors (Lipinski definition) is 1. The van der Waals surface area contributed by atoms with Gasteiger partial charge in [0.05, 0.1) is 5.52 Å². The Morgan fingerprint density at radius 3 is 2.55 bits per heavy atom. The van der Waals surface area contributed by atoms with Gasteiger partial charge in [-0.15, -0.1) is 0 Å². The average Bonchev–Trinajstić information content (AvgIpc) is 3.27. The molecule has 4 rings (SSSR count). The number of benzene rings is 2. The largest absolute Gasteiger partial charge is 0.367 e. The third-order valence-electron chi connectivity index (χ3n) is 3.95. The summed E-state index contributed by atoms with van der Waals surface area (Å²) in [5, 5.41) is 4.73. The molecule has 1 aromatic heterocycles. The zero-order valence-corrected chi connectivity index (χ0v) is 11.2. The fraction of sp³-hybridized carbons (Fsp3) is 0.167. The van der Waals surface area contributed by atoms with Crippen molar-refractivity contribution in [3.8, 4) is 0 Å². The van der Waals surface area contributed by atoms with E-state index >= 15 is 0 Å². The van der Waals surface area contributed by atoms with Gasteiger partial charge in [0.25, 0.3) is 0 Å². The Morgan fingerprint density at radius 1 is 0.850 bits per heavy atom. The molecule has 0 bridgehead atoms. The molecule has 0 radical (unpaired) electrons. The van der Waals surface area contributed by atoms with Gasteiger partial charge in [-0.05, 0) is 30.2 Å². The summed E-state index contributed by atoms with van der Waals surface area (Å²) in [5.74, 6) is 1.61. The Hall–Kier alpha value is -2.35. The van der Waals surface area contributed by atoms with E-state index in [4.69, 9.17) is 0 Å². The molecule has 98 valence electrons. The maximum Gasteiger partial charge on any atom is 0.126 e. The van der Waals surface area contributed by atoms with Gasteiger partial charge in [0.1, 0.15) is 5.82 Å². The SMILES string of the molecule is c1ccc(C2CC2Nc2ccc3ccccc3n2)cc1. The fourth-order valence-electron chi connectivity index (χ4n) is 2.76. The number of fused-ring (bicyclic) bond motifs is 1. The summed E-state index contributed by atoms with van der Waals surface area (Å²) >= 11 is 0. The highest BCUT2D eigenvalue weighted by atomic mass is 15.0. The molecule has 1 heterocycles. The van der Waals surface area contributed by atoms with E-state index < -0.39 is 0 Å². The third kappa shape index (κ3) is 2.14. The van der Waals surface area contributed by atoms with Crippen LogP contribution in [0.2, 0.25) is 0 Å². The third-order valence-corrected chi connectivity index (χ3v) is 3.95. The molecule has 1 saturated carbocycles. The predicted molar refractivity (Wildman–Crippen MR) is 83.0 cm³/mol. The Labute approximate surface area is 118 Å². The van der Waals surface area contributed by atoms with Crippen molar-refractivity contribution in [2.75, 3.05) is 5.32 Å². The van der Waals surface area contributed by atoms with E-state index in [1.165, 1.54) is 17.4 Å². The van der Waals surface area contributed by atoms with Crippen LogP contribution in [0.5, 0.6) is 0 Å². The molecule has 3 aromatic rings. The summed E-state index contributed by atoms with van der Waals surface area (Å²) in [7, 11) is 0. The topological polar surface area (TPSA) is 24.9 Å². The first-order valence-electron chi connectivity index (χ1n) is 7.07. The van der Waals surface area contributed by atoms with Crippen molar-refractivity contribution in [1.82, 2.24) is 4.98 Å². The van der Waals surface area contributed by atoms with Crippen molar-refractivity contribution >= 4 is 16.7 Å². The highest BCUT2D eigenvalue weighted by molar-refractivity contribution is 5.80. The second kappa shape index (κ2) is 4.64. The minimum atomic E-state index is 0.520. The number of pyridine rings is 1.